The van der Waals surface area contributed by atoms with Crippen molar-refractivity contribution < 1.29 is 4.79 Å². The smallest absolute Gasteiger partial charge is 0.193 e. The number of rotatable bonds is 5. The summed E-state index contributed by atoms with van der Waals surface area (Å²) in [6.07, 6.45) is 1.03. The number of thiophene rings is 1. The van der Waals surface area contributed by atoms with Crippen LogP contribution in [-0.2, 0) is 6.42 Å². The molecule has 0 amide bonds. The minimum atomic E-state index is 0.143. The molecule has 1 heterocycles. The monoisotopic (exact) mass is 337 g/mol. The standard InChI is InChI=1S/C15H16BrNOS/c1-3-11-4-6-12(7-5-11)17(2)10-14(18)15-13(16)8-9-19-15/h4-9H,3,10H2,1-2H3. The lowest BCUT2D eigenvalue weighted by molar-refractivity contribution is 0.100. The Morgan fingerprint density at radius 1 is 1.26 bits per heavy atom. The van der Waals surface area contributed by atoms with Gasteiger partial charge >= 0.3 is 0 Å². The maximum absolute atomic E-state index is 12.2. The van der Waals surface area contributed by atoms with Crippen LogP contribution in [0.2, 0.25) is 0 Å². The van der Waals surface area contributed by atoms with Gasteiger partial charge in [-0.15, -0.1) is 11.3 Å². The van der Waals surface area contributed by atoms with Crippen molar-refractivity contribution in [3.05, 3.63) is 50.6 Å². The number of Topliss-reactive ketones (excluding diaryl/α,β-unsaturated/α-hetero) is 1. The van der Waals surface area contributed by atoms with Crippen LogP contribution in [0.3, 0.4) is 0 Å². The molecule has 2 rings (SSSR count). The van der Waals surface area contributed by atoms with E-state index in [4.69, 9.17) is 0 Å². The first kappa shape index (κ1) is 14.3. The summed E-state index contributed by atoms with van der Waals surface area (Å²) >= 11 is 4.88. The van der Waals surface area contributed by atoms with Crippen molar-refractivity contribution in [3.63, 3.8) is 0 Å². The van der Waals surface area contributed by atoms with Crippen molar-refractivity contribution in [1.29, 1.82) is 0 Å². The summed E-state index contributed by atoms with van der Waals surface area (Å²) < 4.78 is 0.886. The Balaban J connectivity index is 2.06. The van der Waals surface area contributed by atoms with Gasteiger partial charge in [-0.1, -0.05) is 19.1 Å². The average molecular weight is 338 g/mol. The van der Waals surface area contributed by atoms with Crippen LogP contribution in [0.15, 0.2) is 40.2 Å². The van der Waals surface area contributed by atoms with Crippen molar-refractivity contribution in [2.45, 2.75) is 13.3 Å². The van der Waals surface area contributed by atoms with Gasteiger partial charge in [0.1, 0.15) is 0 Å². The molecule has 2 nitrogen and oxygen atoms in total. The summed E-state index contributed by atoms with van der Waals surface area (Å²) in [5, 5.41) is 1.92. The molecule has 0 radical (unpaired) electrons. The molecule has 100 valence electrons. The number of aryl methyl sites for hydroxylation is 1. The number of anilines is 1. The van der Waals surface area contributed by atoms with Crippen molar-refractivity contribution in [1.82, 2.24) is 0 Å². The van der Waals surface area contributed by atoms with Gasteiger partial charge in [0.25, 0.3) is 0 Å². The highest BCUT2D eigenvalue weighted by Crippen LogP contribution is 2.24. The number of likely N-dealkylation sites (N-methyl/N-ethyl adjacent to an activating group) is 1. The SMILES string of the molecule is CCc1ccc(N(C)CC(=O)c2sccc2Br)cc1. The molecule has 0 aliphatic rings. The van der Waals surface area contributed by atoms with Gasteiger partial charge in [0.05, 0.1) is 11.4 Å². The predicted molar refractivity (Wildman–Crippen MR) is 85.4 cm³/mol. The topological polar surface area (TPSA) is 20.3 Å². The number of carbonyl (C=O) groups excluding carboxylic acids is 1. The van der Waals surface area contributed by atoms with E-state index in [1.54, 1.807) is 0 Å². The molecule has 0 fully saturated rings. The van der Waals surface area contributed by atoms with Gasteiger partial charge in [-0.25, -0.2) is 0 Å². The van der Waals surface area contributed by atoms with Gasteiger partial charge in [0, 0.05) is 17.2 Å². The normalized spacial score (nSPS) is 10.5. The largest absolute Gasteiger partial charge is 0.367 e. The van der Waals surface area contributed by atoms with E-state index < -0.39 is 0 Å². The molecular formula is C15H16BrNOS. The van der Waals surface area contributed by atoms with Crippen molar-refractivity contribution in [3.8, 4) is 0 Å². The number of carbonyl (C=O) groups is 1. The Bertz CT molecular complexity index is 562. The molecule has 0 saturated heterocycles. The summed E-state index contributed by atoms with van der Waals surface area (Å²) in [6.45, 7) is 2.53. The lowest BCUT2D eigenvalue weighted by Gasteiger charge is -2.18. The third-order valence-corrected chi connectivity index (χ3v) is 4.92. The van der Waals surface area contributed by atoms with Crippen LogP contribution in [0, 0.1) is 0 Å². The van der Waals surface area contributed by atoms with E-state index in [0.717, 1.165) is 21.5 Å². The van der Waals surface area contributed by atoms with Gasteiger partial charge in [-0.2, -0.15) is 0 Å². The zero-order valence-electron chi connectivity index (χ0n) is 11.0. The molecule has 0 aliphatic carbocycles. The Morgan fingerprint density at radius 2 is 1.95 bits per heavy atom. The third-order valence-electron chi connectivity index (χ3n) is 3.04. The lowest BCUT2D eigenvalue weighted by Crippen LogP contribution is -2.25. The van der Waals surface area contributed by atoms with Crippen molar-refractivity contribution >= 4 is 38.7 Å². The summed E-state index contributed by atoms with van der Waals surface area (Å²) in [5.74, 6) is 0.143. The maximum atomic E-state index is 12.2. The highest BCUT2D eigenvalue weighted by molar-refractivity contribution is 9.10. The van der Waals surface area contributed by atoms with Crippen LogP contribution in [-0.4, -0.2) is 19.4 Å². The summed E-state index contributed by atoms with van der Waals surface area (Å²) in [4.78, 5) is 14.9. The molecule has 0 unspecified atom stereocenters. The minimum absolute atomic E-state index is 0.143. The zero-order valence-corrected chi connectivity index (χ0v) is 13.4. The molecule has 1 aromatic carbocycles. The molecule has 0 N–H and O–H groups in total. The highest BCUT2D eigenvalue weighted by atomic mass is 79.9. The van der Waals surface area contributed by atoms with E-state index in [1.807, 2.05) is 23.4 Å². The van der Waals surface area contributed by atoms with Crippen LogP contribution in [0.25, 0.3) is 0 Å². The molecule has 0 saturated carbocycles. The molecular weight excluding hydrogens is 322 g/mol. The van der Waals surface area contributed by atoms with Crippen molar-refractivity contribution in [2.24, 2.45) is 0 Å². The first-order chi connectivity index (χ1) is 9.11. The van der Waals surface area contributed by atoms with Gasteiger partial charge in [0.15, 0.2) is 5.78 Å². The van der Waals surface area contributed by atoms with E-state index in [2.05, 4.69) is 47.1 Å². The Hall–Kier alpha value is -1.13. The molecule has 0 bridgehead atoms. The third kappa shape index (κ3) is 3.45. The Morgan fingerprint density at radius 3 is 2.47 bits per heavy atom. The van der Waals surface area contributed by atoms with Gasteiger partial charge in [0.2, 0.25) is 0 Å². The molecule has 1 aromatic heterocycles. The average Bonchev–Trinajstić information content (AvgIpc) is 2.85. The number of halogens is 1. The second-order valence-electron chi connectivity index (χ2n) is 4.40. The molecule has 0 aliphatic heterocycles. The number of benzene rings is 1. The second kappa shape index (κ2) is 6.35. The summed E-state index contributed by atoms with van der Waals surface area (Å²) in [6, 6.07) is 10.3. The fourth-order valence-corrected chi connectivity index (χ4v) is 3.38. The number of hydrogen-bond donors (Lipinski definition) is 0. The molecule has 19 heavy (non-hydrogen) atoms. The fraction of sp³-hybridized carbons (Fsp3) is 0.267. The summed E-state index contributed by atoms with van der Waals surface area (Å²) in [5.41, 5.74) is 2.38. The highest BCUT2D eigenvalue weighted by Gasteiger charge is 2.14. The first-order valence-corrected chi connectivity index (χ1v) is 7.85. The van der Waals surface area contributed by atoms with Crippen LogP contribution in [0.1, 0.15) is 22.2 Å². The van der Waals surface area contributed by atoms with Crippen LogP contribution >= 0.6 is 27.3 Å². The van der Waals surface area contributed by atoms with Gasteiger partial charge in [-0.3, -0.25) is 4.79 Å². The van der Waals surface area contributed by atoms with Crippen LogP contribution in [0.4, 0.5) is 5.69 Å². The molecule has 0 atom stereocenters. The van der Waals surface area contributed by atoms with Crippen LogP contribution in [0.5, 0.6) is 0 Å². The summed E-state index contributed by atoms with van der Waals surface area (Å²) in [7, 11) is 1.94. The fourth-order valence-electron chi connectivity index (χ4n) is 1.86. The zero-order chi connectivity index (χ0) is 13.8. The second-order valence-corrected chi connectivity index (χ2v) is 6.17. The molecule has 0 spiro atoms. The quantitative estimate of drug-likeness (QED) is 0.754. The minimum Gasteiger partial charge on any atom is -0.367 e. The van der Waals surface area contributed by atoms with Crippen molar-refractivity contribution in [2.75, 3.05) is 18.5 Å². The van der Waals surface area contributed by atoms with E-state index in [9.17, 15) is 4.79 Å². The maximum Gasteiger partial charge on any atom is 0.193 e. The van der Waals surface area contributed by atoms with E-state index >= 15 is 0 Å². The Kier molecular flexibility index (Phi) is 4.77. The number of hydrogen-bond acceptors (Lipinski definition) is 3. The van der Waals surface area contributed by atoms with E-state index in [0.29, 0.717) is 6.54 Å². The molecule has 2 aromatic rings. The Labute approximate surface area is 126 Å². The van der Waals surface area contributed by atoms with Gasteiger partial charge < -0.3 is 4.90 Å². The lowest BCUT2D eigenvalue weighted by atomic mass is 10.1. The molecule has 4 heteroatoms. The predicted octanol–water partition coefficient (Wildman–Crippen LogP) is 4.39. The van der Waals surface area contributed by atoms with E-state index in [1.165, 1.54) is 16.9 Å². The van der Waals surface area contributed by atoms with Gasteiger partial charge in [-0.05, 0) is 51.5 Å². The number of nitrogens with zero attached hydrogens (tertiary/aromatic N) is 1. The first-order valence-electron chi connectivity index (χ1n) is 6.18. The van der Waals surface area contributed by atoms with Crippen LogP contribution < -0.4 is 4.90 Å². The van der Waals surface area contributed by atoms with E-state index in [-0.39, 0.29) is 5.78 Å². The number of ketones is 1.